The van der Waals surface area contributed by atoms with Crippen molar-refractivity contribution < 1.29 is 4.79 Å². The van der Waals surface area contributed by atoms with Crippen molar-refractivity contribution in [3.8, 4) is 0 Å². The lowest BCUT2D eigenvalue weighted by molar-refractivity contribution is 0.0907. The molecule has 2 aliphatic rings. The average Bonchev–Trinajstić information content (AvgIpc) is 2.74. The van der Waals surface area contributed by atoms with Gasteiger partial charge in [-0.25, -0.2) is 0 Å². The summed E-state index contributed by atoms with van der Waals surface area (Å²) in [6.45, 7) is 5.44. The SMILES string of the molecule is CN1CCN(c2cc(N3CCC[C@@H](C(=O)c4ccccc4)C3)nc(N)n2)CC1. The molecule has 7 heteroatoms. The molecule has 1 atom stereocenters. The quantitative estimate of drug-likeness (QED) is 0.812. The van der Waals surface area contributed by atoms with Gasteiger partial charge in [-0.1, -0.05) is 30.3 Å². The molecule has 2 aliphatic heterocycles. The minimum atomic E-state index is -0.0144. The predicted molar refractivity (Wildman–Crippen MR) is 112 cm³/mol. The maximum absolute atomic E-state index is 12.9. The van der Waals surface area contributed by atoms with Crippen LogP contribution in [0.1, 0.15) is 23.2 Å². The number of hydrogen-bond acceptors (Lipinski definition) is 7. The van der Waals surface area contributed by atoms with Crippen LogP contribution in [0.5, 0.6) is 0 Å². The summed E-state index contributed by atoms with van der Waals surface area (Å²) < 4.78 is 0. The fourth-order valence-electron chi connectivity index (χ4n) is 4.04. The second-order valence-electron chi connectivity index (χ2n) is 7.75. The van der Waals surface area contributed by atoms with Crippen molar-refractivity contribution in [2.24, 2.45) is 5.92 Å². The molecule has 0 saturated carbocycles. The highest BCUT2D eigenvalue weighted by Gasteiger charge is 2.28. The number of rotatable bonds is 4. The second-order valence-corrected chi connectivity index (χ2v) is 7.75. The molecule has 0 radical (unpaired) electrons. The highest BCUT2D eigenvalue weighted by Crippen LogP contribution is 2.27. The Hall–Kier alpha value is -2.67. The maximum Gasteiger partial charge on any atom is 0.223 e. The fourth-order valence-corrected chi connectivity index (χ4v) is 4.04. The van der Waals surface area contributed by atoms with Crippen molar-refractivity contribution in [1.29, 1.82) is 0 Å². The van der Waals surface area contributed by atoms with Gasteiger partial charge in [-0.3, -0.25) is 4.79 Å². The van der Waals surface area contributed by atoms with Gasteiger partial charge < -0.3 is 20.4 Å². The Morgan fingerprint density at radius 1 is 1.00 bits per heavy atom. The summed E-state index contributed by atoms with van der Waals surface area (Å²) >= 11 is 0. The molecule has 0 spiro atoms. The van der Waals surface area contributed by atoms with Crippen LogP contribution in [0.25, 0.3) is 0 Å². The van der Waals surface area contributed by atoms with Crippen LogP contribution >= 0.6 is 0 Å². The molecule has 7 nitrogen and oxygen atoms in total. The van der Waals surface area contributed by atoms with Crippen molar-refractivity contribution in [2.45, 2.75) is 12.8 Å². The average molecular weight is 380 g/mol. The number of nitrogens with zero attached hydrogens (tertiary/aromatic N) is 5. The van der Waals surface area contributed by atoms with E-state index >= 15 is 0 Å². The predicted octanol–water partition coefficient (Wildman–Crippen LogP) is 1.91. The molecule has 2 saturated heterocycles. The molecule has 1 aromatic carbocycles. The second kappa shape index (κ2) is 8.14. The van der Waals surface area contributed by atoms with Gasteiger partial charge >= 0.3 is 0 Å². The number of anilines is 3. The third kappa shape index (κ3) is 4.09. The van der Waals surface area contributed by atoms with E-state index in [1.54, 1.807) is 0 Å². The Morgan fingerprint density at radius 3 is 2.39 bits per heavy atom. The van der Waals surface area contributed by atoms with Gasteiger partial charge in [-0.15, -0.1) is 0 Å². The number of benzene rings is 1. The number of ketones is 1. The highest BCUT2D eigenvalue weighted by atomic mass is 16.1. The molecule has 2 N–H and O–H groups in total. The van der Waals surface area contributed by atoms with Gasteiger partial charge in [0.2, 0.25) is 5.95 Å². The molecule has 0 amide bonds. The van der Waals surface area contributed by atoms with Crippen LogP contribution in [0.15, 0.2) is 36.4 Å². The van der Waals surface area contributed by atoms with Crippen molar-refractivity contribution in [1.82, 2.24) is 14.9 Å². The molecular weight excluding hydrogens is 352 g/mol. The summed E-state index contributed by atoms with van der Waals surface area (Å²) in [5.41, 5.74) is 6.82. The van der Waals surface area contributed by atoms with Gasteiger partial charge in [0.05, 0.1) is 0 Å². The number of nitrogens with two attached hydrogens (primary N) is 1. The summed E-state index contributed by atoms with van der Waals surface area (Å²) in [4.78, 5) is 28.6. The van der Waals surface area contributed by atoms with Crippen LogP contribution < -0.4 is 15.5 Å². The zero-order valence-corrected chi connectivity index (χ0v) is 16.4. The zero-order chi connectivity index (χ0) is 19.5. The van der Waals surface area contributed by atoms with Crippen LogP contribution in [-0.2, 0) is 0 Å². The molecule has 4 rings (SSSR count). The summed E-state index contributed by atoms with van der Waals surface area (Å²) in [6, 6.07) is 11.6. The standard InChI is InChI=1S/C21H28N6O/c1-25-10-12-26(13-11-25)18-14-19(24-21(22)23-18)27-9-5-8-17(15-27)20(28)16-6-3-2-4-7-16/h2-4,6-7,14,17H,5,8-13,15H2,1H3,(H2,22,23,24)/t17-/m1/s1. The van der Waals surface area contributed by atoms with Gasteiger partial charge in [0, 0.05) is 56.8 Å². The molecule has 2 fully saturated rings. The molecule has 0 unspecified atom stereocenters. The molecule has 148 valence electrons. The van der Waals surface area contributed by atoms with Gasteiger partial charge in [0.15, 0.2) is 5.78 Å². The third-order valence-corrected chi connectivity index (χ3v) is 5.72. The monoisotopic (exact) mass is 380 g/mol. The number of aromatic nitrogens is 2. The number of hydrogen-bond donors (Lipinski definition) is 1. The lowest BCUT2D eigenvalue weighted by Gasteiger charge is -2.35. The molecular formula is C21H28N6O. The van der Waals surface area contributed by atoms with E-state index in [1.807, 2.05) is 36.4 Å². The van der Waals surface area contributed by atoms with E-state index in [9.17, 15) is 4.79 Å². The number of Topliss-reactive ketones (excluding diaryl/α,β-unsaturated/α-hetero) is 1. The minimum absolute atomic E-state index is 0.0144. The topological polar surface area (TPSA) is 78.6 Å². The lowest BCUT2D eigenvalue weighted by atomic mass is 9.90. The summed E-state index contributed by atoms with van der Waals surface area (Å²) in [5, 5.41) is 0. The van der Waals surface area contributed by atoms with Crippen LogP contribution in [-0.4, -0.2) is 67.0 Å². The third-order valence-electron chi connectivity index (χ3n) is 5.72. The van der Waals surface area contributed by atoms with Gasteiger partial charge in [-0.2, -0.15) is 9.97 Å². The number of nitrogen functional groups attached to an aromatic ring is 1. The van der Waals surface area contributed by atoms with E-state index in [2.05, 4.69) is 31.7 Å². The fraction of sp³-hybridized carbons (Fsp3) is 0.476. The first kappa shape index (κ1) is 18.7. The smallest absolute Gasteiger partial charge is 0.223 e. The van der Waals surface area contributed by atoms with Crippen molar-refractivity contribution in [2.75, 3.05) is 61.8 Å². The van der Waals surface area contributed by atoms with Gasteiger partial charge in [0.1, 0.15) is 11.6 Å². The van der Waals surface area contributed by atoms with Crippen molar-refractivity contribution >= 4 is 23.4 Å². The van der Waals surface area contributed by atoms with Crippen molar-refractivity contribution in [3.63, 3.8) is 0 Å². The molecule has 3 heterocycles. The lowest BCUT2D eigenvalue weighted by Crippen LogP contribution is -2.45. The van der Waals surface area contributed by atoms with E-state index < -0.39 is 0 Å². The van der Waals surface area contributed by atoms with E-state index in [-0.39, 0.29) is 11.7 Å². The normalized spacial score (nSPS) is 21.0. The van der Waals surface area contributed by atoms with Crippen LogP contribution in [0.4, 0.5) is 17.6 Å². The summed E-state index contributed by atoms with van der Waals surface area (Å²) in [7, 11) is 2.13. The first-order valence-electron chi connectivity index (χ1n) is 10.0. The Kier molecular flexibility index (Phi) is 5.43. The molecule has 28 heavy (non-hydrogen) atoms. The summed E-state index contributed by atoms with van der Waals surface area (Å²) in [5.74, 6) is 2.20. The maximum atomic E-state index is 12.9. The number of piperazine rings is 1. The Morgan fingerprint density at radius 2 is 1.68 bits per heavy atom. The van der Waals surface area contributed by atoms with E-state index in [4.69, 9.17) is 5.73 Å². The van der Waals surface area contributed by atoms with Crippen molar-refractivity contribution in [3.05, 3.63) is 42.0 Å². The first-order chi connectivity index (χ1) is 13.6. The highest BCUT2D eigenvalue weighted by molar-refractivity contribution is 5.98. The Bertz CT molecular complexity index is 819. The van der Waals surface area contributed by atoms with Crippen LogP contribution in [0, 0.1) is 5.92 Å². The van der Waals surface area contributed by atoms with Crippen LogP contribution in [0.3, 0.4) is 0 Å². The Balaban J connectivity index is 1.51. The number of piperidine rings is 1. The largest absolute Gasteiger partial charge is 0.368 e. The van der Waals surface area contributed by atoms with E-state index in [0.717, 1.165) is 62.8 Å². The Labute approximate surface area is 166 Å². The molecule has 0 aliphatic carbocycles. The number of likely N-dealkylation sites (N-methyl/N-ethyl adjacent to an activating group) is 1. The van der Waals surface area contributed by atoms with Crippen LogP contribution in [0.2, 0.25) is 0 Å². The minimum Gasteiger partial charge on any atom is -0.368 e. The zero-order valence-electron chi connectivity index (χ0n) is 16.4. The number of carbonyl (C=O) groups excluding carboxylic acids is 1. The molecule has 1 aromatic heterocycles. The summed E-state index contributed by atoms with van der Waals surface area (Å²) in [6.07, 6.45) is 1.88. The molecule has 2 aromatic rings. The molecule has 0 bridgehead atoms. The van der Waals surface area contributed by atoms with Gasteiger partial charge in [-0.05, 0) is 19.9 Å². The van der Waals surface area contributed by atoms with E-state index in [1.165, 1.54) is 0 Å². The first-order valence-corrected chi connectivity index (χ1v) is 10.0. The van der Waals surface area contributed by atoms with E-state index in [0.29, 0.717) is 12.5 Å². The van der Waals surface area contributed by atoms with Gasteiger partial charge in [0.25, 0.3) is 0 Å². The number of carbonyl (C=O) groups is 1.